The van der Waals surface area contributed by atoms with Crippen LogP contribution >= 0.6 is 35.0 Å². The Kier molecular flexibility index (Phi) is 10.1. The highest BCUT2D eigenvalue weighted by Crippen LogP contribution is 2.26. The highest BCUT2D eigenvalue weighted by Gasteiger charge is 2.31. The number of nitrogens with one attached hydrogen (secondary N) is 3. The Hall–Kier alpha value is -2.95. The van der Waals surface area contributed by atoms with Crippen molar-refractivity contribution in [1.29, 1.82) is 0 Å². The lowest BCUT2D eigenvalue weighted by Crippen LogP contribution is -2.44. The molecule has 0 bridgehead atoms. The molecule has 0 aliphatic carbocycles. The fraction of sp³-hybridized carbons (Fsp3) is 0.448. The van der Waals surface area contributed by atoms with Gasteiger partial charge in [-0.05, 0) is 88.4 Å². The molecule has 1 aliphatic heterocycles. The number of thioether (sulfide) groups is 1. The van der Waals surface area contributed by atoms with Crippen LogP contribution in [0.4, 0.5) is 4.79 Å². The molecule has 1 fully saturated rings. The summed E-state index contributed by atoms with van der Waals surface area (Å²) >= 11 is 14.3. The standard InChI is InChI=1S/C29H35Cl2N5O4S/c1-29(2,3)40-28(39)32-16-19-6-5-12-36(19)27(38)20-9-7-17(14-21(20)31)26(37)35-23(11-13-41-4)25-33-22-10-8-18(30)15-24(22)34-25/h7-10,14-15,19,23H,5-6,11-13,16H2,1-4H3,(H,32,39)(H,33,34)(H,35,37)/t19-,23+/m1/s1. The number of carbonyl (C=O) groups excluding carboxylic acids is 3. The van der Waals surface area contributed by atoms with Gasteiger partial charge < -0.3 is 25.3 Å². The van der Waals surface area contributed by atoms with Gasteiger partial charge in [0.05, 0.1) is 27.7 Å². The minimum Gasteiger partial charge on any atom is -0.444 e. The third-order valence-electron chi connectivity index (χ3n) is 6.69. The second kappa shape index (κ2) is 13.4. The summed E-state index contributed by atoms with van der Waals surface area (Å²) in [6, 6.07) is 9.57. The van der Waals surface area contributed by atoms with Crippen LogP contribution < -0.4 is 10.6 Å². The van der Waals surface area contributed by atoms with E-state index in [9.17, 15) is 14.4 Å². The van der Waals surface area contributed by atoms with Gasteiger partial charge in [0.25, 0.3) is 11.8 Å². The number of H-pyrrole nitrogens is 1. The number of rotatable bonds is 9. The van der Waals surface area contributed by atoms with Gasteiger partial charge >= 0.3 is 6.09 Å². The van der Waals surface area contributed by atoms with Gasteiger partial charge in [-0.2, -0.15) is 11.8 Å². The van der Waals surface area contributed by atoms with E-state index in [0.29, 0.717) is 34.9 Å². The third-order valence-corrected chi connectivity index (χ3v) is 7.88. The molecule has 9 nitrogen and oxygen atoms in total. The minimum atomic E-state index is -0.605. The Bertz CT molecular complexity index is 1420. The van der Waals surface area contributed by atoms with E-state index in [1.807, 2.05) is 12.3 Å². The topological polar surface area (TPSA) is 116 Å². The summed E-state index contributed by atoms with van der Waals surface area (Å²) in [6.07, 6.45) is 3.72. The number of nitrogens with zero attached hydrogens (tertiary/aromatic N) is 2. The molecule has 0 spiro atoms. The fourth-order valence-electron chi connectivity index (χ4n) is 4.74. The van der Waals surface area contributed by atoms with Crippen molar-refractivity contribution in [1.82, 2.24) is 25.5 Å². The molecule has 3 N–H and O–H groups in total. The number of alkyl carbamates (subject to hydrolysis) is 1. The molecular weight excluding hydrogens is 585 g/mol. The molecule has 2 aromatic carbocycles. The number of aromatic nitrogens is 2. The largest absolute Gasteiger partial charge is 0.444 e. The van der Waals surface area contributed by atoms with E-state index in [0.717, 1.165) is 29.6 Å². The lowest BCUT2D eigenvalue weighted by Gasteiger charge is -2.26. The van der Waals surface area contributed by atoms with Crippen LogP contribution in [0.5, 0.6) is 0 Å². The molecule has 1 aliphatic rings. The second-order valence-electron chi connectivity index (χ2n) is 11.0. The molecule has 0 radical (unpaired) electrons. The first kappa shape index (κ1) is 31.0. The van der Waals surface area contributed by atoms with Crippen LogP contribution in [0, 0.1) is 0 Å². The first-order valence-electron chi connectivity index (χ1n) is 13.5. The maximum absolute atomic E-state index is 13.4. The molecule has 2 atom stereocenters. The van der Waals surface area contributed by atoms with Crippen LogP contribution in [-0.4, -0.2) is 69.5 Å². The smallest absolute Gasteiger partial charge is 0.407 e. The van der Waals surface area contributed by atoms with Gasteiger partial charge in [-0.1, -0.05) is 23.2 Å². The molecule has 220 valence electrons. The van der Waals surface area contributed by atoms with E-state index in [1.165, 1.54) is 6.07 Å². The van der Waals surface area contributed by atoms with Gasteiger partial charge in [0.15, 0.2) is 0 Å². The molecule has 2 heterocycles. The lowest BCUT2D eigenvalue weighted by atomic mass is 10.1. The van der Waals surface area contributed by atoms with Crippen molar-refractivity contribution in [3.63, 3.8) is 0 Å². The average Bonchev–Trinajstić information content (AvgIpc) is 3.55. The van der Waals surface area contributed by atoms with E-state index in [-0.39, 0.29) is 35.5 Å². The molecule has 3 aromatic rings. The van der Waals surface area contributed by atoms with Crippen LogP contribution in [0.2, 0.25) is 10.0 Å². The van der Waals surface area contributed by atoms with Gasteiger partial charge in [0.1, 0.15) is 11.4 Å². The summed E-state index contributed by atoms with van der Waals surface area (Å²) in [7, 11) is 0. The zero-order valence-corrected chi connectivity index (χ0v) is 25.9. The Balaban J connectivity index is 1.44. The summed E-state index contributed by atoms with van der Waals surface area (Å²) in [5, 5.41) is 6.60. The van der Waals surface area contributed by atoms with Crippen LogP contribution in [0.1, 0.15) is 72.6 Å². The molecule has 0 saturated carbocycles. The Morgan fingerprint density at radius 3 is 2.68 bits per heavy atom. The van der Waals surface area contributed by atoms with Crippen LogP contribution in [0.15, 0.2) is 36.4 Å². The maximum atomic E-state index is 13.4. The number of amides is 3. The zero-order valence-electron chi connectivity index (χ0n) is 23.6. The van der Waals surface area contributed by atoms with Crippen LogP contribution in [0.25, 0.3) is 11.0 Å². The second-order valence-corrected chi connectivity index (χ2v) is 12.8. The lowest BCUT2D eigenvalue weighted by molar-refractivity contribution is 0.0501. The number of likely N-dealkylation sites (tertiary alicyclic amines) is 1. The molecule has 1 saturated heterocycles. The summed E-state index contributed by atoms with van der Waals surface area (Å²) < 4.78 is 5.30. The number of carbonyl (C=O) groups is 3. The summed E-state index contributed by atoms with van der Waals surface area (Å²) in [6.45, 7) is 6.22. The van der Waals surface area contributed by atoms with Crippen molar-refractivity contribution in [2.24, 2.45) is 0 Å². The summed E-state index contributed by atoms with van der Waals surface area (Å²) in [5.41, 5.74) is 1.60. The number of hydrogen-bond donors (Lipinski definition) is 3. The van der Waals surface area contributed by atoms with Crippen molar-refractivity contribution in [3.8, 4) is 0 Å². The van der Waals surface area contributed by atoms with E-state index in [4.69, 9.17) is 27.9 Å². The number of benzene rings is 2. The molecule has 4 rings (SSSR count). The monoisotopic (exact) mass is 619 g/mol. The van der Waals surface area contributed by atoms with Crippen molar-refractivity contribution >= 4 is 63.9 Å². The molecule has 41 heavy (non-hydrogen) atoms. The van der Waals surface area contributed by atoms with E-state index < -0.39 is 11.7 Å². The molecule has 0 unspecified atom stereocenters. The van der Waals surface area contributed by atoms with Gasteiger partial charge in [-0.25, -0.2) is 9.78 Å². The van der Waals surface area contributed by atoms with Crippen LogP contribution in [0.3, 0.4) is 0 Å². The van der Waals surface area contributed by atoms with Crippen molar-refractivity contribution in [3.05, 3.63) is 63.4 Å². The predicted molar refractivity (Wildman–Crippen MR) is 164 cm³/mol. The number of halogens is 2. The van der Waals surface area contributed by atoms with Gasteiger partial charge in [0.2, 0.25) is 0 Å². The number of imidazole rings is 1. The fourth-order valence-corrected chi connectivity index (χ4v) is 5.64. The molecule has 3 amide bonds. The normalized spacial score (nSPS) is 16.0. The van der Waals surface area contributed by atoms with Crippen molar-refractivity contribution < 1.29 is 19.1 Å². The Morgan fingerprint density at radius 1 is 1.20 bits per heavy atom. The molecular formula is C29H35Cl2N5O4S. The van der Waals surface area contributed by atoms with Gasteiger partial charge in [-0.3, -0.25) is 9.59 Å². The molecule has 1 aromatic heterocycles. The quantitative estimate of drug-likeness (QED) is 0.262. The Morgan fingerprint density at radius 2 is 1.98 bits per heavy atom. The number of fused-ring (bicyclic) bond motifs is 1. The van der Waals surface area contributed by atoms with Gasteiger partial charge in [-0.15, -0.1) is 0 Å². The van der Waals surface area contributed by atoms with E-state index in [2.05, 4.69) is 20.6 Å². The first-order chi connectivity index (χ1) is 19.4. The zero-order chi connectivity index (χ0) is 29.7. The number of hydrogen-bond acceptors (Lipinski definition) is 6. The van der Waals surface area contributed by atoms with Crippen LogP contribution in [-0.2, 0) is 4.74 Å². The highest BCUT2D eigenvalue weighted by molar-refractivity contribution is 7.98. The Labute approximate surface area is 254 Å². The predicted octanol–water partition coefficient (Wildman–Crippen LogP) is 6.22. The van der Waals surface area contributed by atoms with E-state index >= 15 is 0 Å². The number of aromatic amines is 1. The van der Waals surface area contributed by atoms with Gasteiger partial charge in [0, 0.05) is 29.7 Å². The van der Waals surface area contributed by atoms with E-state index in [1.54, 1.807) is 61.7 Å². The number of ether oxygens (including phenoxy) is 1. The summed E-state index contributed by atoms with van der Waals surface area (Å²) in [5.74, 6) is 0.893. The van der Waals surface area contributed by atoms with Crippen molar-refractivity contribution in [2.75, 3.05) is 25.1 Å². The SMILES string of the molecule is CSCC[C@H](NC(=O)c1ccc(C(=O)N2CCC[C@@H]2CNC(=O)OC(C)(C)C)c(Cl)c1)c1nc2ccc(Cl)cc2[nH]1. The average molecular weight is 621 g/mol. The third kappa shape index (κ3) is 8.08. The highest BCUT2D eigenvalue weighted by atomic mass is 35.5. The summed E-state index contributed by atoms with van der Waals surface area (Å²) in [4.78, 5) is 48.4. The first-order valence-corrected chi connectivity index (χ1v) is 15.6. The minimum absolute atomic E-state index is 0.176. The van der Waals surface area contributed by atoms with Crippen molar-refractivity contribution in [2.45, 2.75) is 57.7 Å². The molecule has 12 heteroatoms. The maximum Gasteiger partial charge on any atom is 0.407 e.